The molecule has 0 aromatic heterocycles. The first-order chi connectivity index (χ1) is 5.13. The number of guanidine groups is 1. The van der Waals surface area contributed by atoms with Gasteiger partial charge in [-0.1, -0.05) is 6.92 Å². The van der Waals surface area contributed by atoms with Gasteiger partial charge < -0.3 is 9.80 Å². The first kappa shape index (κ1) is 10.3. The standard InChI is InChI=1S/C8H18N3/c1-6-7-11(5)8(9-2)10(3)4/h1,6-7H2,2-5H3. The van der Waals surface area contributed by atoms with Crippen molar-refractivity contribution in [2.75, 3.05) is 34.7 Å². The summed E-state index contributed by atoms with van der Waals surface area (Å²) in [4.78, 5) is 8.23. The molecule has 0 amide bonds. The molecule has 3 heteroatoms. The van der Waals surface area contributed by atoms with Crippen LogP contribution in [0.1, 0.15) is 6.42 Å². The van der Waals surface area contributed by atoms with Gasteiger partial charge in [-0.15, -0.1) is 0 Å². The monoisotopic (exact) mass is 156 g/mol. The first-order valence-corrected chi connectivity index (χ1v) is 3.78. The summed E-state index contributed by atoms with van der Waals surface area (Å²) in [5.41, 5.74) is 0. The van der Waals surface area contributed by atoms with E-state index in [2.05, 4.69) is 16.8 Å². The van der Waals surface area contributed by atoms with E-state index >= 15 is 0 Å². The van der Waals surface area contributed by atoms with E-state index in [0.717, 1.165) is 18.9 Å². The second-order valence-corrected chi connectivity index (χ2v) is 2.69. The normalized spacial score (nSPS) is 11.5. The van der Waals surface area contributed by atoms with Gasteiger partial charge in [0.25, 0.3) is 0 Å². The molecule has 0 rings (SSSR count). The third kappa shape index (κ3) is 3.25. The smallest absolute Gasteiger partial charge is 0.195 e. The number of aliphatic imine (C=N–C) groups is 1. The van der Waals surface area contributed by atoms with Crippen molar-refractivity contribution >= 4 is 5.96 Å². The van der Waals surface area contributed by atoms with Crippen LogP contribution >= 0.6 is 0 Å². The summed E-state index contributed by atoms with van der Waals surface area (Å²) < 4.78 is 0. The van der Waals surface area contributed by atoms with E-state index in [4.69, 9.17) is 0 Å². The fourth-order valence-electron chi connectivity index (χ4n) is 1.05. The Balaban J connectivity index is 4.04. The second kappa shape index (κ2) is 4.99. The lowest BCUT2D eigenvalue weighted by Gasteiger charge is -2.25. The van der Waals surface area contributed by atoms with Crippen molar-refractivity contribution in [1.82, 2.24) is 9.80 Å². The van der Waals surface area contributed by atoms with Gasteiger partial charge in [0, 0.05) is 34.7 Å². The molecular weight excluding hydrogens is 138 g/mol. The molecule has 0 aliphatic rings. The van der Waals surface area contributed by atoms with Crippen LogP contribution in [0.3, 0.4) is 0 Å². The summed E-state index contributed by atoms with van der Waals surface area (Å²) in [6.07, 6.45) is 0.906. The topological polar surface area (TPSA) is 18.8 Å². The van der Waals surface area contributed by atoms with E-state index in [-0.39, 0.29) is 0 Å². The number of rotatable bonds is 2. The average molecular weight is 156 g/mol. The van der Waals surface area contributed by atoms with Crippen molar-refractivity contribution in [2.24, 2.45) is 4.99 Å². The van der Waals surface area contributed by atoms with Crippen LogP contribution in [0.4, 0.5) is 0 Å². The number of hydrogen-bond donors (Lipinski definition) is 0. The Morgan fingerprint density at radius 2 is 1.91 bits per heavy atom. The SMILES string of the molecule is [CH2]CCN(C)C(=NC)N(C)C. The molecular formula is C8H18N3. The Hall–Kier alpha value is -0.730. The summed E-state index contributed by atoms with van der Waals surface area (Å²) in [6.45, 7) is 4.74. The summed E-state index contributed by atoms with van der Waals surface area (Å²) >= 11 is 0. The van der Waals surface area contributed by atoms with Gasteiger partial charge in [0.1, 0.15) is 0 Å². The van der Waals surface area contributed by atoms with Gasteiger partial charge in [-0.3, -0.25) is 4.99 Å². The van der Waals surface area contributed by atoms with E-state index in [1.165, 1.54) is 0 Å². The largest absolute Gasteiger partial charge is 0.349 e. The molecule has 11 heavy (non-hydrogen) atoms. The Morgan fingerprint density at radius 3 is 2.18 bits per heavy atom. The zero-order chi connectivity index (χ0) is 8.85. The van der Waals surface area contributed by atoms with Gasteiger partial charge in [0.05, 0.1) is 0 Å². The summed E-state index contributed by atoms with van der Waals surface area (Å²) in [5.74, 6) is 0.994. The van der Waals surface area contributed by atoms with Crippen molar-refractivity contribution in [1.29, 1.82) is 0 Å². The van der Waals surface area contributed by atoms with E-state index < -0.39 is 0 Å². The van der Waals surface area contributed by atoms with Crippen LogP contribution in [0.15, 0.2) is 4.99 Å². The van der Waals surface area contributed by atoms with Gasteiger partial charge in [-0.05, 0) is 6.42 Å². The molecule has 3 nitrogen and oxygen atoms in total. The van der Waals surface area contributed by atoms with E-state index in [1.54, 1.807) is 7.05 Å². The van der Waals surface area contributed by atoms with E-state index in [0.29, 0.717) is 0 Å². The fraction of sp³-hybridized carbons (Fsp3) is 0.750. The Kier molecular flexibility index (Phi) is 4.66. The maximum atomic E-state index is 4.15. The van der Waals surface area contributed by atoms with Gasteiger partial charge in [0.15, 0.2) is 5.96 Å². The van der Waals surface area contributed by atoms with Crippen LogP contribution in [0.2, 0.25) is 0 Å². The van der Waals surface area contributed by atoms with Gasteiger partial charge in [0.2, 0.25) is 0 Å². The zero-order valence-corrected chi connectivity index (χ0v) is 7.96. The molecule has 0 fully saturated rings. The van der Waals surface area contributed by atoms with E-state index in [1.807, 2.05) is 26.0 Å². The Bertz CT molecular complexity index is 129. The second-order valence-electron chi connectivity index (χ2n) is 2.69. The molecule has 0 atom stereocenters. The van der Waals surface area contributed by atoms with Crippen molar-refractivity contribution in [3.63, 3.8) is 0 Å². The predicted molar refractivity (Wildman–Crippen MR) is 49.7 cm³/mol. The molecule has 0 aromatic carbocycles. The minimum atomic E-state index is 0.906. The highest BCUT2D eigenvalue weighted by Crippen LogP contribution is 1.92. The molecule has 0 heterocycles. The maximum absolute atomic E-state index is 4.15. The number of nitrogens with zero attached hydrogens (tertiary/aromatic N) is 3. The molecule has 0 aromatic rings. The lowest BCUT2D eigenvalue weighted by Crippen LogP contribution is -2.38. The van der Waals surface area contributed by atoms with E-state index in [9.17, 15) is 0 Å². The molecule has 0 aliphatic heterocycles. The third-order valence-electron chi connectivity index (χ3n) is 1.43. The molecule has 0 spiro atoms. The van der Waals surface area contributed by atoms with Crippen molar-refractivity contribution in [3.8, 4) is 0 Å². The first-order valence-electron chi connectivity index (χ1n) is 3.78. The lowest BCUT2D eigenvalue weighted by molar-refractivity contribution is 0.428. The van der Waals surface area contributed by atoms with Crippen molar-refractivity contribution in [2.45, 2.75) is 6.42 Å². The minimum Gasteiger partial charge on any atom is -0.349 e. The molecule has 1 radical (unpaired) electrons. The highest BCUT2D eigenvalue weighted by molar-refractivity contribution is 5.79. The highest BCUT2D eigenvalue weighted by atomic mass is 15.3. The average Bonchev–Trinajstić information content (AvgIpc) is 1.88. The Morgan fingerprint density at radius 1 is 1.36 bits per heavy atom. The molecule has 0 unspecified atom stereocenters. The van der Waals surface area contributed by atoms with Crippen LogP contribution in [0.5, 0.6) is 0 Å². The molecule has 0 saturated heterocycles. The van der Waals surface area contributed by atoms with Crippen LogP contribution in [0, 0.1) is 6.92 Å². The summed E-state index contributed by atoms with van der Waals surface area (Å²) in [5, 5.41) is 0. The van der Waals surface area contributed by atoms with Crippen LogP contribution in [-0.4, -0.2) is 50.5 Å². The predicted octanol–water partition coefficient (Wildman–Crippen LogP) is 0.690. The van der Waals surface area contributed by atoms with Crippen molar-refractivity contribution in [3.05, 3.63) is 6.92 Å². The highest BCUT2D eigenvalue weighted by Gasteiger charge is 2.04. The van der Waals surface area contributed by atoms with Crippen molar-refractivity contribution < 1.29 is 0 Å². The van der Waals surface area contributed by atoms with Crippen LogP contribution in [0.25, 0.3) is 0 Å². The minimum absolute atomic E-state index is 0.906. The summed E-state index contributed by atoms with van der Waals surface area (Å²) in [7, 11) is 7.80. The molecule has 65 valence electrons. The van der Waals surface area contributed by atoms with Crippen LogP contribution < -0.4 is 0 Å². The zero-order valence-electron chi connectivity index (χ0n) is 7.96. The number of hydrogen-bond acceptors (Lipinski definition) is 1. The third-order valence-corrected chi connectivity index (χ3v) is 1.43. The van der Waals surface area contributed by atoms with Gasteiger partial charge in [-0.2, -0.15) is 0 Å². The molecule has 0 N–H and O–H groups in total. The van der Waals surface area contributed by atoms with Gasteiger partial charge in [-0.25, -0.2) is 0 Å². The molecule has 0 aliphatic carbocycles. The van der Waals surface area contributed by atoms with Gasteiger partial charge >= 0.3 is 0 Å². The Labute approximate surface area is 69.7 Å². The van der Waals surface area contributed by atoms with Crippen LogP contribution in [-0.2, 0) is 0 Å². The fourth-order valence-corrected chi connectivity index (χ4v) is 1.05. The summed E-state index contributed by atoms with van der Waals surface area (Å²) in [6, 6.07) is 0. The quantitative estimate of drug-likeness (QED) is 0.433. The molecule has 0 bridgehead atoms. The lowest BCUT2D eigenvalue weighted by atomic mass is 10.4. The maximum Gasteiger partial charge on any atom is 0.195 e. The molecule has 0 saturated carbocycles.